The molecule has 2 N–H and O–H groups in total. The van der Waals surface area contributed by atoms with Gasteiger partial charge in [-0.15, -0.1) is 0 Å². The molecule has 0 heterocycles. The topological polar surface area (TPSA) is 58.6 Å². The number of rotatable bonds is 4. The predicted molar refractivity (Wildman–Crippen MR) is 58.2 cm³/mol. The second-order valence-corrected chi connectivity index (χ2v) is 3.36. The van der Waals surface area contributed by atoms with Crippen LogP contribution in [0.1, 0.15) is 6.42 Å². The molecule has 1 rings (SSSR count). The predicted octanol–water partition coefficient (Wildman–Crippen LogP) is 2.02. The number of carbonyl (C=O) groups is 1. The van der Waals surface area contributed by atoms with Gasteiger partial charge in [-0.1, -0.05) is 11.6 Å². The number of aromatic hydroxyl groups is 1. The van der Waals surface area contributed by atoms with Crippen molar-refractivity contribution in [1.29, 1.82) is 0 Å². The molecule has 0 spiro atoms. The van der Waals surface area contributed by atoms with Crippen LogP contribution in [0.5, 0.6) is 5.75 Å². The Labute approximate surface area is 92.8 Å². The van der Waals surface area contributed by atoms with Gasteiger partial charge in [0, 0.05) is 12.8 Å². The van der Waals surface area contributed by atoms with Crippen LogP contribution in [-0.2, 0) is 9.53 Å². The summed E-state index contributed by atoms with van der Waals surface area (Å²) in [6.07, 6.45) is 0.287. The van der Waals surface area contributed by atoms with Crippen LogP contribution in [-0.4, -0.2) is 24.7 Å². The molecule has 1 aromatic rings. The van der Waals surface area contributed by atoms with E-state index >= 15 is 0 Å². The Morgan fingerprint density at radius 2 is 2.33 bits per heavy atom. The summed E-state index contributed by atoms with van der Waals surface area (Å²) in [5.41, 5.74) is 0.555. The number of nitrogens with one attached hydrogen (secondary N) is 1. The maximum atomic E-state index is 11.3. The van der Waals surface area contributed by atoms with E-state index < -0.39 is 0 Å². The maximum Gasteiger partial charge on any atom is 0.226 e. The van der Waals surface area contributed by atoms with Crippen LogP contribution < -0.4 is 5.32 Å². The van der Waals surface area contributed by atoms with Gasteiger partial charge in [-0.2, -0.15) is 0 Å². The van der Waals surface area contributed by atoms with Crippen molar-refractivity contribution in [3.05, 3.63) is 23.2 Å². The molecule has 4 nitrogen and oxygen atoms in total. The highest BCUT2D eigenvalue weighted by atomic mass is 35.5. The average Bonchev–Trinajstić information content (AvgIpc) is 2.20. The molecule has 0 unspecified atom stereocenters. The first-order chi connectivity index (χ1) is 7.13. The molecular weight excluding hydrogens is 218 g/mol. The van der Waals surface area contributed by atoms with Crippen molar-refractivity contribution in [1.82, 2.24) is 0 Å². The highest BCUT2D eigenvalue weighted by Gasteiger charge is 2.04. The van der Waals surface area contributed by atoms with Crippen LogP contribution >= 0.6 is 11.6 Å². The van der Waals surface area contributed by atoms with Gasteiger partial charge in [0.05, 0.1) is 18.1 Å². The molecule has 0 atom stereocenters. The first-order valence-electron chi connectivity index (χ1n) is 4.41. The van der Waals surface area contributed by atoms with Crippen LogP contribution in [0.2, 0.25) is 5.02 Å². The Morgan fingerprint density at radius 1 is 1.60 bits per heavy atom. The third-order valence-electron chi connectivity index (χ3n) is 1.76. The van der Waals surface area contributed by atoms with Gasteiger partial charge in [-0.25, -0.2) is 0 Å². The standard InChI is InChI=1S/C10H12ClNO3/c1-15-5-4-10(14)12-7-2-3-9(13)8(11)6-7/h2-3,6,13H,4-5H2,1H3,(H,12,14). The Hall–Kier alpha value is -1.26. The Kier molecular flexibility index (Phi) is 4.39. The number of benzene rings is 1. The first kappa shape index (κ1) is 11.8. The van der Waals surface area contributed by atoms with Crippen molar-refractivity contribution in [2.24, 2.45) is 0 Å². The summed E-state index contributed by atoms with van der Waals surface area (Å²) in [6, 6.07) is 4.49. The number of phenols is 1. The van der Waals surface area contributed by atoms with Crippen molar-refractivity contribution in [3.8, 4) is 5.75 Å². The zero-order valence-corrected chi connectivity index (χ0v) is 9.04. The zero-order valence-electron chi connectivity index (χ0n) is 8.29. The van der Waals surface area contributed by atoms with Gasteiger partial charge >= 0.3 is 0 Å². The van der Waals surface area contributed by atoms with Gasteiger partial charge in [0.25, 0.3) is 0 Å². The third-order valence-corrected chi connectivity index (χ3v) is 2.07. The van der Waals surface area contributed by atoms with Crippen molar-refractivity contribution in [2.75, 3.05) is 19.0 Å². The number of hydrogen-bond acceptors (Lipinski definition) is 3. The minimum atomic E-state index is -0.154. The number of carbonyl (C=O) groups excluding carboxylic acids is 1. The van der Waals surface area contributed by atoms with E-state index in [0.29, 0.717) is 12.3 Å². The smallest absolute Gasteiger partial charge is 0.226 e. The second kappa shape index (κ2) is 5.58. The molecule has 0 aliphatic rings. The number of ether oxygens (including phenoxy) is 1. The summed E-state index contributed by atoms with van der Waals surface area (Å²) in [5, 5.41) is 12.0. The molecule has 0 aliphatic heterocycles. The van der Waals surface area contributed by atoms with Crippen LogP contribution in [0, 0.1) is 0 Å². The van der Waals surface area contributed by atoms with Crippen LogP contribution in [0.4, 0.5) is 5.69 Å². The van der Waals surface area contributed by atoms with Gasteiger partial charge in [0.1, 0.15) is 5.75 Å². The molecule has 15 heavy (non-hydrogen) atoms. The molecule has 1 amide bonds. The molecule has 0 aromatic heterocycles. The number of halogens is 1. The molecule has 0 bridgehead atoms. The Balaban J connectivity index is 2.57. The van der Waals surface area contributed by atoms with Gasteiger partial charge in [0.15, 0.2) is 0 Å². The summed E-state index contributed by atoms with van der Waals surface area (Å²) in [6.45, 7) is 0.373. The van der Waals surface area contributed by atoms with Crippen molar-refractivity contribution < 1.29 is 14.6 Å². The van der Waals surface area contributed by atoms with Crippen LogP contribution in [0.25, 0.3) is 0 Å². The fraction of sp³-hybridized carbons (Fsp3) is 0.300. The fourth-order valence-electron chi connectivity index (χ4n) is 1.00. The quantitative estimate of drug-likeness (QED) is 0.777. The lowest BCUT2D eigenvalue weighted by Gasteiger charge is -2.05. The van der Waals surface area contributed by atoms with E-state index in [1.54, 1.807) is 6.07 Å². The first-order valence-corrected chi connectivity index (χ1v) is 4.78. The number of methoxy groups -OCH3 is 1. The van der Waals surface area contributed by atoms with Crippen molar-refractivity contribution >= 4 is 23.2 Å². The van der Waals surface area contributed by atoms with E-state index in [4.69, 9.17) is 21.4 Å². The molecule has 0 saturated heterocycles. The fourth-order valence-corrected chi connectivity index (χ4v) is 1.18. The molecule has 82 valence electrons. The number of phenolic OH excluding ortho intramolecular Hbond substituents is 1. The van der Waals surface area contributed by atoms with E-state index in [9.17, 15) is 4.79 Å². The minimum absolute atomic E-state index is 0.00782. The molecule has 1 aromatic carbocycles. The van der Waals surface area contributed by atoms with Crippen molar-refractivity contribution in [3.63, 3.8) is 0 Å². The molecular formula is C10H12ClNO3. The Morgan fingerprint density at radius 3 is 2.93 bits per heavy atom. The molecule has 0 radical (unpaired) electrons. The van der Waals surface area contributed by atoms with Crippen LogP contribution in [0.3, 0.4) is 0 Å². The zero-order chi connectivity index (χ0) is 11.3. The third kappa shape index (κ3) is 3.77. The Bertz CT molecular complexity index is 355. The van der Waals surface area contributed by atoms with Crippen molar-refractivity contribution in [2.45, 2.75) is 6.42 Å². The summed E-state index contributed by atoms with van der Waals surface area (Å²) in [7, 11) is 1.53. The van der Waals surface area contributed by atoms with E-state index in [-0.39, 0.29) is 23.1 Å². The number of amides is 1. The normalized spacial score (nSPS) is 10.0. The van der Waals surface area contributed by atoms with Gasteiger partial charge in [-0.05, 0) is 18.2 Å². The SMILES string of the molecule is COCCC(=O)Nc1ccc(O)c(Cl)c1. The molecule has 0 fully saturated rings. The van der Waals surface area contributed by atoms with Gasteiger partial charge < -0.3 is 15.2 Å². The summed E-state index contributed by atoms with van der Waals surface area (Å²) in [5.74, 6) is -0.162. The van der Waals surface area contributed by atoms with E-state index in [0.717, 1.165) is 0 Å². The van der Waals surface area contributed by atoms with E-state index in [1.807, 2.05) is 0 Å². The summed E-state index contributed by atoms with van der Waals surface area (Å²) in [4.78, 5) is 11.3. The minimum Gasteiger partial charge on any atom is -0.506 e. The highest BCUT2D eigenvalue weighted by molar-refractivity contribution is 6.32. The lowest BCUT2D eigenvalue weighted by molar-refractivity contribution is -0.117. The monoisotopic (exact) mass is 229 g/mol. The molecule has 5 heteroatoms. The maximum absolute atomic E-state index is 11.3. The second-order valence-electron chi connectivity index (χ2n) is 2.96. The molecule has 0 saturated carbocycles. The van der Waals surface area contributed by atoms with Gasteiger partial charge in [-0.3, -0.25) is 4.79 Å². The van der Waals surface area contributed by atoms with E-state index in [1.165, 1.54) is 19.2 Å². The summed E-state index contributed by atoms with van der Waals surface area (Å²) < 4.78 is 4.77. The van der Waals surface area contributed by atoms with Gasteiger partial charge in [0.2, 0.25) is 5.91 Å². The lowest BCUT2D eigenvalue weighted by Crippen LogP contribution is -2.13. The highest BCUT2D eigenvalue weighted by Crippen LogP contribution is 2.25. The van der Waals surface area contributed by atoms with E-state index in [2.05, 4.69) is 5.32 Å². The number of anilines is 1. The largest absolute Gasteiger partial charge is 0.506 e. The van der Waals surface area contributed by atoms with Crippen LogP contribution in [0.15, 0.2) is 18.2 Å². The number of hydrogen-bond donors (Lipinski definition) is 2. The molecule has 0 aliphatic carbocycles. The summed E-state index contributed by atoms with van der Waals surface area (Å²) >= 11 is 5.68. The lowest BCUT2D eigenvalue weighted by atomic mass is 10.3. The average molecular weight is 230 g/mol.